The van der Waals surface area contributed by atoms with Crippen LogP contribution < -0.4 is 29.4 Å². The molecule has 0 rings (SSSR count). The molecule has 0 unspecified atom stereocenters. The zero-order valence-electron chi connectivity index (χ0n) is 7.36. The maximum absolute atomic E-state index is 8.55. The van der Waals surface area contributed by atoms with E-state index in [1.807, 2.05) is 0 Å². The minimum absolute atomic E-state index is 0. The molecule has 0 aromatic rings. The summed E-state index contributed by atoms with van der Waals surface area (Å²) in [6.07, 6.45) is 0. The van der Waals surface area contributed by atoms with Gasteiger partial charge in [0.2, 0.25) is 0 Å². The van der Waals surface area contributed by atoms with Crippen molar-refractivity contribution in [1.82, 2.24) is 0 Å². The third-order valence-corrected chi connectivity index (χ3v) is 0.414. The second-order valence-corrected chi connectivity index (χ2v) is 4.53. The fraction of sp³-hybridized carbons (Fsp3) is 1.00. The summed E-state index contributed by atoms with van der Waals surface area (Å²) in [7, 11) is -10.8. The second kappa shape index (κ2) is 13.5. The van der Waals surface area contributed by atoms with Gasteiger partial charge in [-0.3, -0.25) is 0 Å². The largest absolute Gasteiger partial charge is 2.00 e. The molecule has 0 aromatic heterocycles. The van der Waals surface area contributed by atoms with Crippen molar-refractivity contribution in [1.29, 1.82) is 0 Å². The molecule has 0 heterocycles. The topological polar surface area (TPSA) is 193 Å². The second-order valence-electron chi connectivity index (χ2n) is 1.47. The minimum atomic E-state index is -5.39. The van der Waals surface area contributed by atoms with Crippen LogP contribution in [-0.2, 0) is 9.13 Å². The zero-order valence-corrected chi connectivity index (χ0v) is 12.9. The van der Waals surface area contributed by atoms with Crippen LogP contribution in [0.15, 0.2) is 0 Å². The Hall–Kier alpha value is 2.02. The summed E-state index contributed by atoms with van der Waals surface area (Å²) >= 11 is 9.96. The third kappa shape index (κ3) is 224. The van der Waals surface area contributed by atoms with E-state index in [1.165, 1.54) is 0 Å². The molecule has 0 saturated carbocycles. The molecule has 1 N–H and O–H groups in total. The van der Waals surface area contributed by atoms with Gasteiger partial charge in [0, 0.05) is 0 Å². The van der Waals surface area contributed by atoms with Gasteiger partial charge in [-0.2, -0.15) is 15.6 Å². The van der Waals surface area contributed by atoms with Gasteiger partial charge in [0.15, 0.2) is 0 Å². The van der Waals surface area contributed by atoms with Crippen molar-refractivity contribution in [2.75, 3.05) is 6.61 Å². The first kappa shape index (κ1) is 26.6. The number of hydrogen-bond acceptors (Lipinski definition) is 9. The first-order valence-corrected chi connectivity index (χ1v) is 6.42. The van der Waals surface area contributed by atoms with Crippen molar-refractivity contribution in [2.45, 2.75) is 4.84 Å². The van der Waals surface area contributed by atoms with Gasteiger partial charge < -0.3 is 43.6 Å². The van der Waals surface area contributed by atoms with Crippen molar-refractivity contribution in [3.8, 4) is 0 Å². The predicted octanol–water partition coefficient (Wildman–Crippen LogP) is -5.25. The van der Waals surface area contributed by atoms with E-state index in [1.54, 1.807) is 0 Å². The van der Waals surface area contributed by atoms with Gasteiger partial charge in [-0.15, -0.1) is 23.2 Å². The van der Waals surface area contributed by atoms with Gasteiger partial charge >= 0.3 is 37.7 Å². The molecule has 0 aromatic carbocycles. The molecular weight excluding hydrogens is 341 g/mol. The van der Waals surface area contributed by atoms with E-state index in [-0.39, 0.29) is 44.3 Å². The van der Waals surface area contributed by atoms with E-state index in [2.05, 4.69) is 0 Å². The fourth-order valence-electron chi connectivity index (χ4n) is 0. The van der Waals surface area contributed by atoms with Crippen molar-refractivity contribution in [3.05, 3.63) is 0 Å². The van der Waals surface area contributed by atoms with Gasteiger partial charge in [0.1, 0.15) is 4.84 Å². The summed E-state index contributed by atoms with van der Waals surface area (Å²) < 4.78 is 17.1. The maximum atomic E-state index is 8.55. The molecule has 0 aliphatic heterocycles. The van der Waals surface area contributed by atoms with Crippen molar-refractivity contribution >= 4 is 76.6 Å². The molecule has 9 nitrogen and oxygen atoms in total. The van der Waals surface area contributed by atoms with Crippen LogP contribution in [0.5, 0.6) is 0 Å². The molecule has 0 spiro atoms. The standard InChI is InChI=1S/C2H4Cl2O.Ca.2H3O4P/c3-2(4)1-5;;2*1-5(2,3)4/h2,5H,1H2;;2*(H3,1,2,3,4)/q;+2;;/p-6. The van der Waals surface area contributed by atoms with Crippen LogP contribution >= 0.6 is 38.8 Å². The van der Waals surface area contributed by atoms with Crippen molar-refractivity contribution in [2.24, 2.45) is 0 Å². The molecule has 14 heteroatoms. The quantitative estimate of drug-likeness (QED) is 0.274. The Bertz CT molecular complexity index is 187. The molecule has 0 amide bonds. The number of aliphatic hydroxyl groups excluding tert-OH is 1. The molecule has 0 saturated heterocycles. The molecule has 0 aliphatic carbocycles. The Balaban J connectivity index is -0.0000000655. The number of phosphoric acid groups is 2. The summed E-state index contributed by atoms with van der Waals surface area (Å²) in [5.74, 6) is 0. The van der Waals surface area contributed by atoms with Crippen LogP contribution in [0.3, 0.4) is 0 Å². The van der Waals surface area contributed by atoms with E-state index in [9.17, 15) is 0 Å². The van der Waals surface area contributed by atoms with Crippen LogP contribution in [-0.4, -0.2) is 54.3 Å². The third-order valence-electron chi connectivity index (χ3n) is 0.138. The fourth-order valence-corrected chi connectivity index (χ4v) is 0. The Morgan fingerprint density at radius 2 is 1.00 bits per heavy atom. The SMILES string of the molecule is O=P([O-])([O-])[O-].O=P([O-])([O-])[O-].OCC(Cl)Cl.[Ca+2]. The van der Waals surface area contributed by atoms with Gasteiger partial charge in [-0.1, -0.05) is 0 Å². The monoisotopic (exact) mass is 344 g/mol. The summed E-state index contributed by atoms with van der Waals surface area (Å²) in [6, 6.07) is 0. The molecule has 16 heavy (non-hydrogen) atoms. The number of alkyl halides is 2. The van der Waals surface area contributed by atoms with Crippen molar-refractivity contribution in [3.63, 3.8) is 0 Å². The molecule has 0 atom stereocenters. The van der Waals surface area contributed by atoms with Crippen molar-refractivity contribution < 1.29 is 43.6 Å². The first-order valence-electron chi connectivity index (χ1n) is 2.62. The smallest absolute Gasteiger partial charge is 0.822 e. The van der Waals surface area contributed by atoms with Gasteiger partial charge in [0.05, 0.1) is 6.61 Å². The van der Waals surface area contributed by atoms with E-state index in [0.717, 1.165) is 0 Å². The number of aliphatic hydroxyl groups is 1. The average molecular weight is 345 g/mol. The van der Waals surface area contributed by atoms with Crippen LogP contribution in [0.25, 0.3) is 0 Å². The number of rotatable bonds is 1. The predicted molar refractivity (Wildman–Crippen MR) is 43.5 cm³/mol. The number of halogens is 2. The molecule has 0 fully saturated rings. The van der Waals surface area contributed by atoms with E-state index in [4.69, 9.17) is 66.8 Å². The Morgan fingerprint density at radius 1 is 0.938 bits per heavy atom. The summed E-state index contributed by atoms with van der Waals surface area (Å²) in [5.41, 5.74) is 0. The first-order chi connectivity index (χ1) is 6.27. The van der Waals surface area contributed by atoms with Crippen LogP contribution in [0, 0.1) is 0 Å². The Labute approximate surface area is 130 Å². The van der Waals surface area contributed by atoms with Gasteiger partial charge in [0.25, 0.3) is 0 Å². The Morgan fingerprint density at radius 3 is 1.00 bits per heavy atom. The molecule has 96 valence electrons. The van der Waals surface area contributed by atoms with Crippen LogP contribution in [0.4, 0.5) is 0 Å². The van der Waals surface area contributed by atoms with E-state index in [0.29, 0.717) is 0 Å². The molecular formula is C2H4CaCl2O9P2-4. The van der Waals surface area contributed by atoms with Gasteiger partial charge in [-0.25, -0.2) is 0 Å². The maximum Gasteiger partial charge on any atom is 2.00 e. The Kier molecular flexibility index (Phi) is 22.3. The normalized spacial score (nSPS) is 10.4. The number of hydrogen-bond donors (Lipinski definition) is 1. The van der Waals surface area contributed by atoms with Gasteiger partial charge in [-0.05, 0) is 0 Å². The summed E-state index contributed by atoms with van der Waals surface area (Å²) in [5, 5.41) is 7.88. The van der Waals surface area contributed by atoms with Crippen LogP contribution in [0.2, 0.25) is 0 Å². The van der Waals surface area contributed by atoms with Crippen LogP contribution in [0.1, 0.15) is 0 Å². The summed E-state index contributed by atoms with van der Waals surface area (Å²) in [4.78, 5) is 50.7. The summed E-state index contributed by atoms with van der Waals surface area (Å²) in [6.45, 7) is -0.164. The van der Waals surface area contributed by atoms with E-state index >= 15 is 0 Å². The zero-order chi connectivity index (χ0) is 13.3. The van der Waals surface area contributed by atoms with E-state index < -0.39 is 20.5 Å². The average Bonchev–Trinajstić information content (AvgIpc) is 1.79. The molecule has 0 radical (unpaired) electrons. The minimum Gasteiger partial charge on any atom is -0.822 e. The molecule has 0 bridgehead atoms. The molecule has 0 aliphatic rings.